The smallest absolute Gasteiger partial charge is 0.350 e. The summed E-state index contributed by atoms with van der Waals surface area (Å²) in [7, 11) is 0. The Hall–Kier alpha value is -1.60. The third-order valence-electron chi connectivity index (χ3n) is 2.78. The van der Waals surface area contributed by atoms with Crippen LogP contribution in [-0.2, 0) is 6.18 Å². The van der Waals surface area contributed by atoms with E-state index in [0.29, 0.717) is 19.4 Å². The second kappa shape index (κ2) is 7.25. The number of hydrogen-bond acceptors (Lipinski definition) is 3. The van der Waals surface area contributed by atoms with Gasteiger partial charge in [0.25, 0.3) is 5.91 Å². The standard InChI is InChI=1S/C13H18F3N3O/c14-13(15,16)11-6-2-1-5-10(11)12(20)19-8-9(18)4-3-7-17/h1-2,5-6,9H,3-4,7-8,17-18H2,(H,19,20). The zero-order chi connectivity index (χ0) is 15.2. The summed E-state index contributed by atoms with van der Waals surface area (Å²) in [6, 6.07) is 4.33. The lowest BCUT2D eigenvalue weighted by atomic mass is 10.1. The average Bonchev–Trinajstić information content (AvgIpc) is 2.41. The Bertz CT molecular complexity index is 449. The van der Waals surface area contributed by atoms with E-state index in [0.717, 1.165) is 12.1 Å². The van der Waals surface area contributed by atoms with Crippen molar-refractivity contribution in [2.24, 2.45) is 11.5 Å². The van der Waals surface area contributed by atoms with Crippen molar-refractivity contribution >= 4 is 5.91 Å². The molecule has 1 amide bonds. The van der Waals surface area contributed by atoms with Crippen molar-refractivity contribution in [3.8, 4) is 0 Å². The number of benzene rings is 1. The summed E-state index contributed by atoms with van der Waals surface area (Å²) in [6.07, 6.45) is -3.25. The van der Waals surface area contributed by atoms with Crippen molar-refractivity contribution in [3.05, 3.63) is 35.4 Å². The first-order valence-corrected chi connectivity index (χ1v) is 6.26. The number of hydrogen-bond donors (Lipinski definition) is 3. The number of halogens is 3. The first-order valence-electron chi connectivity index (χ1n) is 6.26. The van der Waals surface area contributed by atoms with E-state index in [9.17, 15) is 18.0 Å². The van der Waals surface area contributed by atoms with Gasteiger partial charge in [-0.15, -0.1) is 0 Å². The lowest BCUT2D eigenvalue weighted by molar-refractivity contribution is -0.137. The third-order valence-corrected chi connectivity index (χ3v) is 2.78. The molecule has 0 bridgehead atoms. The van der Waals surface area contributed by atoms with Gasteiger partial charge < -0.3 is 16.8 Å². The SMILES string of the molecule is NCCCC(N)CNC(=O)c1ccccc1C(F)(F)F. The van der Waals surface area contributed by atoms with Crippen molar-refractivity contribution in [2.45, 2.75) is 25.1 Å². The molecule has 1 aromatic carbocycles. The third kappa shape index (κ3) is 4.82. The van der Waals surface area contributed by atoms with Crippen LogP contribution in [0.5, 0.6) is 0 Å². The molecule has 0 saturated heterocycles. The average molecular weight is 289 g/mol. The molecule has 7 heteroatoms. The van der Waals surface area contributed by atoms with Crippen LogP contribution in [0, 0.1) is 0 Å². The van der Waals surface area contributed by atoms with E-state index in [1.54, 1.807) is 0 Å². The van der Waals surface area contributed by atoms with E-state index in [2.05, 4.69) is 5.32 Å². The van der Waals surface area contributed by atoms with E-state index in [1.807, 2.05) is 0 Å². The van der Waals surface area contributed by atoms with Crippen LogP contribution < -0.4 is 16.8 Å². The van der Waals surface area contributed by atoms with Gasteiger partial charge in [0.15, 0.2) is 0 Å². The largest absolute Gasteiger partial charge is 0.417 e. The number of rotatable bonds is 6. The lowest BCUT2D eigenvalue weighted by Crippen LogP contribution is -2.38. The lowest BCUT2D eigenvalue weighted by Gasteiger charge is -2.15. The van der Waals surface area contributed by atoms with Gasteiger partial charge in [-0.25, -0.2) is 0 Å². The molecule has 0 aliphatic heterocycles. The summed E-state index contributed by atoms with van der Waals surface area (Å²) in [6.45, 7) is 0.601. The molecule has 5 N–H and O–H groups in total. The van der Waals surface area contributed by atoms with Gasteiger partial charge in [0, 0.05) is 12.6 Å². The fraction of sp³-hybridized carbons (Fsp3) is 0.462. The van der Waals surface area contributed by atoms with Crippen LogP contribution >= 0.6 is 0 Å². The van der Waals surface area contributed by atoms with Crippen molar-refractivity contribution < 1.29 is 18.0 Å². The van der Waals surface area contributed by atoms with Gasteiger partial charge in [-0.3, -0.25) is 4.79 Å². The van der Waals surface area contributed by atoms with E-state index in [-0.39, 0.29) is 12.6 Å². The van der Waals surface area contributed by atoms with Crippen LogP contribution in [0.15, 0.2) is 24.3 Å². The Morgan fingerprint density at radius 2 is 1.95 bits per heavy atom. The fourth-order valence-corrected chi connectivity index (χ4v) is 1.73. The normalized spacial score (nSPS) is 13.1. The maximum absolute atomic E-state index is 12.8. The van der Waals surface area contributed by atoms with Gasteiger partial charge in [-0.05, 0) is 31.5 Å². The quantitative estimate of drug-likeness (QED) is 0.742. The Kier molecular flexibility index (Phi) is 5.97. The van der Waals surface area contributed by atoms with Crippen molar-refractivity contribution in [1.82, 2.24) is 5.32 Å². The van der Waals surface area contributed by atoms with Gasteiger partial charge in [0.05, 0.1) is 11.1 Å². The van der Waals surface area contributed by atoms with Gasteiger partial charge in [0.2, 0.25) is 0 Å². The Morgan fingerprint density at radius 3 is 2.55 bits per heavy atom. The van der Waals surface area contributed by atoms with Gasteiger partial charge in [-0.2, -0.15) is 13.2 Å². The highest BCUT2D eigenvalue weighted by Gasteiger charge is 2.34. The molecule has 0 aromatic heterocycles. The summed E-state index contributed by atoms with van der Waals surface area (Å²) in [4.78, 5) is 11.8. The van der Waals surface area contributed by atoms with Crippen LogP contribution in [0.25, 0.3) is 0 Å². The molecule has 0 heterocycles. The molecule has 0 saturated carbocycles. The Balaban J connectivity index is 2.69. The van der Waals surface area contributed by atoms with Crippen molar-refractivity contribution in [3.63, 3.8) is 0 Å². The maximum Gasteiger partial charge on any atom is 0.417 e. The highest BCUT2D eigenvalue weighted by molar-refractivity contribution is 5.95. The molecule has 0 fully saturated rings. The molecule has 0 aliphatic rings. The topological polar surface area (TPSA) is 81.1 Å². The first-order chi connectivity index (χ1) is 9.36. The first kappa shape index (κ1) is 16.5. The summed E-state index contributed by atoms with van der Waals surface area (Å²) in [5, 5.41) is 2.42. The summed E-state index contributed by atoms with van der Waals surface area (Å²) in [5.74, 6) is -0.777. The van der Waals surface area contributed by atoms with Gasteiger partial charge >= 0.3 is 6.18 Å². The molecule has 20 heavy (non-hydrogen) atoms. The summed E-state index contributed by atoms with van der Waals surface area (Å²) in [5.41, 5.74) is 9.69. The minimum absolute atomic E-state index is 0.116. The Morgan fingerprint density at radius 1 is 1.30 bits per heavy atom. The molecule has 1 atom stereocenters. The number of nitrogens with two attached hydrogens (primary N) is 2. The fourth-order valence-electron chi connectivity index (χ4n) is 1.73. The molecule has 0 aliphatic carbocycles. The summed E-state index contributed by atoms with van der Waals surface area (Å²) < 4.78 is 38.3. The van der Waals surface area contributed by atoms with E-state index in [4.69, 9.17) is 11.5 Å². The van der Waals surface area contributed by atoms with E-state index < -0.39 is 23.2 Å². The predicted molar refractivity (Wildman–Crippen MR) is 70.0 cm³/mol. The molecule has 0 spiro atoms. The van der Waals surface area contributed by atoms with Crippen molar-refractivity contribution in [1.29, 1.82) is 0 Å². The zero-order valence-electron chi connectivity index (χ0n) is 10.9. The molecular formula is C13H18F3N3O. The van der Waals surface area contributed by atoms with Crippen LogP contribution in [0.4, 0.5) is 13.2 Å². The molecule has 112 valence electrons. The molecule has 0 radical (unpaired) electrons. The van der Waals surface area contributed by atoms with E-state index in [1.165, 1.54) is 12.1 Å². The van der Waals surface area contributed by atoms with Crippen LogP contribution in [-0.4, -0.2) is 25.0 Å². The van der Waals surface area contributed by atoms with Gasteiger partial charge in [0.1, 0.15) is 0 Å². The molecule has 1 unspecified atom stereocenters. The minimum atomic E-state index is -4.56. The number of nitrogens with one attached hydrogen (secondary N) is 1. The maximum atomic E-state index is 12.8. The number of carbonyl (C=O) groups excluding carboxylic acids is 1. The van der Waals surface area contributed by atoms with Crippen LogP contribution in [0.2, 0.25) is 0 Å². The highest BCUT2D eigenvalue weighted by atomic mass is 19.4. The number of carbonyl (C=O) groups is 1. The molecule has 1 aromatic rings. The zero-order valence-corrected chi connectivity index (χ0v) is 10.9. The van der Waals surface area contributed by atoms with Gasteiger partial charge in [-0.1, -0.05) is 12.1 Å². The summed E-state index contributed by atoms with van der Waals surface area (Å²) >= 11 is 0. The van der Waals surface area contributed by atoms with Crippen molar-refractivity contribution in [2.75, 3.05) is 13.1 Å². The Labute approximate surface area is 115 Å². The van der Waals surface area contributed by atoms with Crippen LogP contribution in [0.3, 0.4) is 0 Å². The number of alkyl halides is 3. The highest BCUT2D eigenvalue weighted by Crippen LogP contribution is 2.31. The second-order valence-corrected chi connectivity index (χ2v) is 4.44. The second-order valence-electron chi connectivity index (χ2n) is 4.44. The monoisotopic (exact) mass is 289 g/mol. The van der Waals surface area contributed by atoms with E-state index >= 15 is 0 Å². The molecule has 1 rings (SSSR count). The molecular weight excluding hydrogens is 271 g/mol. The van der Waals surface area contributed by atoms with Crippen LogP contribution in [0.1, 0.15) is 28.8 Å². The minimum Gasteiger partial charge on any atom is -0.350 e. The molecule has 4 nitrogen and oxygen atoms in total. The number of amides is 1. The predicted octanol–water partition coefficient (Wildman–Crippen LogP) is 1.50.